The number of methoxy groups -OCH3 is 1. The van der Waals surface area contributed by atoms with Crippen LogP contribution in [-0.4, -0.2) is 46.9 Å². The predicted octanol–water partition coefficient (Wildman–Crippen LogP) is 4.24. The van der Waals surface area contributed by atoms with Gasteiger partial charge < -0.3 is 18.9 Å². The number of nitrogens with zero attached hydrogens (tertiary/aromatic N) is 4. The Morgan fingerprint density at radius 1 is 1.15 bits per heavy atom. The lowest BCUT2D eigenvalue weighted by Gasteiger charge is -2.28. The van der Waals surface area contributed by atoms with E-state index in [-0.39, 0.29) is 5.56 Å². The van der Waals surface area contributed by atoms with Crippen molar-refractivity contribution in [1.29, 1.82) is 0 Å². The molecule has 1 aromatic carbocycles. The van der Waals surface area contributed by atoms with Crippen LogP contribution in [0.5, 0.6) is 0 Å². The maximum absolute atomic E-state index is 13.0. The fourth-order valence-corrected chi connectivity index (χ4v) is 4.92. The van der Waals surface area contributed by atoms with Crippen molar-refractivity contribution >= 4 is 41.1 Å². The van der Waals surface area contributed by atoms with Crippen molar-refractivity contribution in [3.8, 4) is 11.1 Å². The highest BCUT2D eigenvalue weighted by Crippen LogP contribution is 2.32. The lowest BCUT2D eigenvalue weighted by molar-refractivity contribution is 0.122. The first-order valence-corrected chi connectivity index (χ1v) is 11.8. The quantitative estimate of drug-likeness (QED) is 0.404. The van der Waals surface area contributed by atoms with E-state index in [2.05, 4.69) is 28.8 Å². The van der Waals surface area contributed by atoms with Gasteiger partial charge in [-0.05, 0) is 41.0 Å². The minimum Gasteiger partial charge on any atom is -0.380 e. The summed E-state index contributed by atoms with van der Waals surface area (Å²) in [5.41, 5.74) is 5.36. The first-order chi connectivity index (χ1) is 16.5. The molecule has 0 aliphatic carbocycles. The number of fused-ring (bicyclic) bond motifs is 1. The molecule has 34 heavy (non-hydrogen) atoms. The van der Waals surface area contributed by atoms with Crippen LogP contribution in [0.1, 0.15) is 11.1 Å². The standard InChI is InChI=1S/C25H25ClN4O3S/c1-32-16-18-8-17(9-20(26)10-18)14-29-3-2-19(11-24(29)31)23-15-30(34)25-22(23)12-21(13-27-25)28-4-6-33-7-5-28/h2-3,8-13,15,34H,4-7,14,16H2,1H3. The van der Waals surface area contributed by atoms with Crippen LogP contribution in [0.15, 0.2) is 59.8 Å². The van der Waals surface area contributed by atoms with Crippen molar-refractivity contribution in [1.82, 2.24) is 13.5 Å². The second-order valence-electron chi connectivity index (χ2n) is 8.33. The topological polar surface area (TPSA) is 61.5 Å². The van der Waals surface area contributed by atoms with Gasteiger partial charge in [-0.2, -0.15) is 0 Å². The van der Waals surface area contributed by atoms with Crippen LogP contribution >= 0.6 is 24.4 Å². The van der Waals surface area contributed by atoms with Gasteiger partial charge in [0.15, 0.2) is 5.65 Å². The second kappa shape index (κ2) is 9.84. The summed E-state index contributed by atoms with van der Waals surface area (Å²) in [4.78, 5) is 19.9. The Morgan fingerprint density at radius 2 is 1.94 bits per heavy atom. The maximum Gasteiger partial charge on any atom is 0.251 e. The van der Waals surface area contributed by atoms with Gasteiger partial charge in [0, 0.05) is 54.6 Å². The van der Waals surface area contributed by atoms with Crippen LogP contribution in [0.4, 0.5) is 5.69 Å². The highest BCUT2D eigenvalue weighted by molar-refractivity contribution is 7.78. The van der Waals surface area contributed by atoms with E-state index < -0.39 is 0 Å². The predicted molar refractivity (Wildman–Crippen MR) is 138 cm³/mol. The van der Waals surface area contributed by atoms with Gasteiger partial charge in [-0.15, -0.1) is 0 Å². The number of aromatic nitrogens is 3. The van der Waals surface area contributed by atoms with E-state index in [4.69, 9.17) is 21.1 Å². The Balaban J connectivity index is 1.47. The number of hydrogen-bond acceptors (Lipinski definition) is 6. The highest BCUT2D eigenvalue weighted by Gasteiger charge is 2.16. The molecule has 4 aromatic rings. The molecule has 0 amide bonds. The molecule has 176 valence electrons. The summed E-state index contributed by atoms with van der Waals surface area (Å²) in [6.07, 6.45) is 5.58. The Morgan fingerprint density at radius 3 is 2.71 bits per heavy atom. The first kappa shape index (κ1) is 23.0. The van der Waals surface area contributed by atoms with Gasteiger partial charge in [0.05, 0.1) is 38.2 Å². The summed E-state index contributed by atoms with van der Waals surface area (Å²) in [5.74, 6) is 0. The third-order valence-corrected chi connectivity index (χ3v) is 6.50. The number of ether oxygens (including phenoxy) is 2. The van der Waals surface area contributed by atoms with Crippen molar-refractivity contribution in [3.05, 3.63) is 81.5 Å². The Bertz CT molecular complexity index is 1390. The lowest BCUT2D eigenvalue weighted by atomic mass is 10.1. The van der Waals surface area contributed by atoms with Crippen molar-refractivity contribution in [2.75, 3.05) is 38.3 Å². The average molecular weight is 497 g/mol. The summed E-state index contributed by atoms with van der Waals surface area (Å²) in [6, 6.07) is 11.5. The first-order valence-electron chi connectivity index (χ1n) is 11.0. The number of pyridine rings is 2. The summed E-state index contributed by atoms with van der Waals surface area (Å²) in [7, 11) is 1.64. The zero-order chi connectivity index (χ0) is 23.7. The second-order valence-corrected chi connectivity index (χ2v) is 9.20. The fraction of sp³-hybridized carbons (Fsp3) is 0.280. The van der Waals surface area contributed by atoms with E-state index in [0.29, 0.717) is 31.4 Å². The molecule has 1 aliphatic heterocycles. The minimum absolute atomic E-state index is 0.0943. The van der Waals surface area contributed by atoms with E-state index in [1.807, 2.05) is 42.9 Å². The van der Waals surface area contributed by atoms with Gasteiger partial charge in [-0.1, -0.05) is 30.5 Å². The number of halogens is 1. The minimum atomic E-state index is -0.0943. The van der Waals surface area contributed by atoms with E-state index in [1.54, 1.807) is 21.7 Å². The van der Waals surface area contributed by atoms with Gasteiger partial charge in [0.2, 0.25) is 0 Å². The molecule has 1 saturated heterocycles. The average Bonchev–Trinajstić information content (AvgIpc) is 3.16. The lowest BCUT2D eigenvalue weighted by Crippen LogP contribution is -2.36. The molecule has 9 heteroatoms. The summed E-state index contributed by atoms with van der Waals surface area (Å²) < 4.78 is 14.0. The third kappa shape index (κ3) is 4.72. The molecule has 0 radical (unpaired) electrons. The molecule has 3 aromatic heterocycles. The van der Waals surface area contributed by atoms with Gasteiger partial charge in [-0.3, -0.25) is 8.77 Å². The van der Waals surface area contributed by atoms with Crippen molar-refractivity contribution in [2.45, 2.75) is 13.2 Å². The molecule has 0 unspecified atom stereocenters. The molecule has 0 spiro atoms. The van der Waals surface area contributed by atoms with Crippen molar-refractivity contribution in [2.24, 2.45) is 0 Å². The monoisotopic (exact) mass is 496 g/mol. The van der Waals surface area contributed by atoms with E-state index >= 15 is 0 Å². The number of benzene rings is 1. The molecule has 1 fully saturated rings. The van der Waals surface area contributed by atoms with Gasteiger partial charge in [-0.25, -0.2) is 4.98 Å². The Labute approximate surface area is 208 Å². The zero-order valence-electron chi connectivity index (χ0n) is 18.8. The van der Waals surface area contributed by atoms with Crippen LogP contribution in [0.2, 0.25) is 5.02 Å². The van der Waals surface area contributed by atoms with Crippen molar-refractivity contribution < 1.29 is 9.47 Å². The van der Waals surface area contributed by atoms with E-state index in [0.717, 1.165) is 52.1 Å². The number of rotatable bonds is 6. The van der Waals surface area contributed by atoms with Gasteiger partial charge >= 0.3 is 0 Å². The number of thiol groups is 1. The maximum atomic E-state index is 13.0. The summed E-state index contributed by atoms with van der Waals surface area (Å²) in [5, 5.41) is 1.58. The highest BCUT2D eigenvalue weighted by atomic mass is 35.5. The molecule has 7 nitrogen and oxygen atoms in total. The Hall–Kier alpha value is -2.78. The normalized spacial score (nSPS) is 14.1. The fourth-order valence-electron chi connectivity index (χ4n) is 4.37. The van der Waals surface area contributed by atoms with Crippen LogP contribution in [0.25, 0.3) is 22.2 Å². The molecule has 0 N–H and O–H groups in total. The van der Waals surface area contributed by atoms with Crippen LogP contribution in [0.3, 0.4) is 0 Å². The largest absolute Gasteiger partial charge is 0.380 e. The van der Waals surface area contributed by atoms with E-state index in [9.17, 15) is 4.79 Å². The molecular weight excluding hydrogens is 472 g/mol. The third-order valence-electron chi connectivity index (χ3n) is 5.98. The molecular formula is C25H25ClN4O3S. The molecule has 4 heterocycles. The molecule has 0 bridgehead atoms. The van der Waals surface area contributed by atoms with Gasteiger partial charge in [0.25, 0.3) is 5.56 Å². The van der Waals surface area contributed by atoms with Gasteiger partial charge in [0.1, 0.15) is 0 Å². The number of morpholine rings is 1. The van der Waals surface area contributed by atoms with Crippen molar-refractivity contribution in [3.63, 3.8) is 0 Å². The summed E-state index contributed by atoms with van der Waals surface area (Å²) >= 11 is 10.8. The SMILES string of the molecule is COCc1cc(Cl)cc(Cn2ccc(-c3cn(S)c4ncc(N5CCOCC5)cc34)cc2=O)c1. The zero-order valence-corrected chi connectivity index (χ0v) is 20.4. The number of hydrogen-bond donors (Lipinski definition) is 1. The molecule has 0 saturated carbocycles. The molecule has 5 rings (SSSR count). The van der Waals surface area contributed by atoms with E-state index in [1.165, 1.54) is 0 Å². The Kier molecular flexibility index (Phi) is 6.65. The summed E-state index contributed by atoms with van der Waals surface area (Å²) in [6.45, 7) is 3.96. The van der Waals surface area contributed by atoms with Crippen LogP contribution in [0, 0.1) is 0 Å². The smallest absolute Gasteiger partial charge is 0.251 e. The van der Waals surface area contributed by atoms with Crippen LogP contribution < -0.4 is 10.5 Å². The molecule has 1 aliphatic rings. The molecule has 0 atom stereocenters. The van der Waals surface area contributed by atoms with Crippen LogP contribution in [-0.2, 0) is 22.6 Å². The number of anilines is 1.